The van der Waals surface area contributed by atoms with Crippen LogP contribution in [0.5, 0.6) is 5.75 Å². The molecule has 0 fully saturated rings. The molecule has 8 heteroatoms. The fourth-order valence-corrected chi connectivity index (χ4v) is 3.39. The topological polar surface area (TPSA) is 88.7 Å². The van der Waals surface area contributed by atoms with Crippen molar-refractivity contribution in [2.75, 3.05) is 19.8 Å². The second-order valence-corrected chi connectivity index (χ2v) is 7.63. The number of carbonyl (C=O) groups excluding carboxylic acids is 2. The maximum Gasteiger partial charge on any atom is 0.257 e. The molecule has 0 unspecified atom stereocenters. The van der Waals surface area contributed by atoms with Crippen molar-refractivity contribution in [3.63, 3.8) is 0 Å². The molecule has 7 nitrogen and oxygen atoms in total. The van der Waals surface area contributed by atoms with Crippen LogP contribution >= 0.6 is 12.2 Å². The summed E-state index contributed by atoms with van der Waals surface area (Å²) in [5, 5.41) is 2.54. The second-order valence-electron chi connectivity index (χ2n) is 7.22. The van der Waals surface area contributed by atoms with Crippen molar-refractivity contribution in [2.45, 2.75) is 12.8 Å². The van der Waals surface area contributed by atoms with Gasteiger partial charge in [-0.25, -0.2) is 0 Å². The molecule has 0 aromatic heterocycles. The smallest absolute Gasteiger partial charge is 0.257 e. The molecule has 2 amide bonds. The number of hydrazine groups is 1. The van der Waals surface area contributed by atoms with Gasteiger partial charge in [-0.1, -0.05) is 60.7 Å². The largest absolute Gasteiger partial charge is 0.491 e. The van der Waals surface area contributed by atoms with E-state index in [0.29, 0.717) is 31.1 Å². The zero-order valence-corrected chi connectivity index (χ0v) is 19.6. The molecule has 34 heavy (non-hydrogen) atoms. The van der Waals surface area contributed by atoms with Gasteiger partial charge in [-0.15, -0.1) is 0 Å². The predicted molar refractivity (Wildman–Crippen MR) is 134 cm³/mol. The summed E-state index contributed by atoms with van der Waals surface area (Å²) in [6, 6.07) is 25.5. The van der Waals surface area contributed by atoms with Crippen LogP contribution in [0.4, 0.5) is 0 Å². The Kier molecular flexibility index (Phi) is 9.57. The molecule has 0 aliphatic rings. The Hall–Kier alpha value is -3.75. The number of nitrogens with one attached hydrogen (secondary N) is 3. The highest BCUT2D eigenvalue weighted by Crippen LogP contribution is 2.24. The number of benzene rings is 3. The highest BCUT2D eigenvalue weighted by Gasteiger charge is 2.22. The van der Waals surface area contributed by atoms with E-state index in [9.17, 15) is 9.59 Å². The van der Waals surface area contributed by atoms with E-state index < -0.39 is 11.8 Å². The Labute approximate surface area is 204 Å². The van der Waals surface area contributed by atoms with Gasteiger partial charge in [0.05, 0.1) is 12.5 Å². The van der Waals surface area contributed by atoms with E-state index in [-0.39, 0.29) is 11.0 Å². The van der Waals surface area contributed by atoms with E-state index in [4.69, 9.17) is 21.7 Å². The van der Waals surface area contributed by atoms with E-state index in [0.717, 1.165) is 11.1 Å². The first-order chi connectivity index (χ1) is 16.6. The summed E-state index contributed by atoms with van der Waals surface area (Å²) in [6.07, 6.45) is 0. The minimum absolute atomic E-state index is 0.0183. The van der Waals surface area contributed by atoms with Gasteiger partial charge in [-0.2, -0.15) is 0 Å². The first-order valence-corrected chi connectivity index (χ1v) is 11.3. The van der Waals surface area contributed by atoms with E-state index in [2.05, 4.69) is 16.2 Å². The van der Waals surface area contributed by atoms with Gasteiger partial charge >= 0.3 is 0 Å². The average Bonchev–Trinajstić information content (AvgIpc) is 2.87. The molecular formula is C26H27N3O4S. The van der Waals surface area contributed by atoms with Crippen molar-refractivity contribution in [1.82, 2.24) is 16.2 Å². The Balaban J connectivity index is 1.54. The maximum absolute atomic E-state index is 13.0. The molecule has 0 bridgehead atoms. The first-order valence-electron chi connectivity index (χ1n) is 10.9. The third-order valence-corrected chi connectivity index (χ3v) is 5.08. The Morgan fingerprint density at radius 2 is 1.41 bits per heavy atom. The van der Waals surface area contributed by atoms with Crippen LogP contribution in [-0.4, -0.2) is 36.7 Å². The molecule has 0 saturated carbocycles. The van der Waals surface area contributed by atoms with Gasteiger partial charge in [0.25, 0.3) is 5.91 Å². The molecule has 0 atom stereocenters. The van der Waals surface area contributed by atoms with E-state index in [1.165, 1.54) is 0 Å². The molecular weight excluding hydrogens is 450 g/mol. The van der Waals surface area contributed by atoms with Crippen molar-refractivity contribution in [3.05, 3.63) is 102 Å². The fourth-order valence-electron chi connectivity index (χ4n) is 3.25. The van der Waals surface area contributed by atoms with Crippen LogP contribution in [0.15, 0.2) is 84.9 Å². The molecule has 0 spiro atoms. The molecule has 3 aromatic carbocycles. The zero-order valence-electron chi connectivity index (χ0n) is 18.8. The summed E-state index contributed by atoms with van der Waals surface area (Å²) in [4.78, 5) is 25.5. The van der Waals surface area contributed by atoms with Crippen LogP contribution in [0.25, 0.3) is 0 Å². The second kappa shape index (κ2) is 13.1. The van der Waals surface area contributed by atoms with Gasteiger partial charge in [0.2, 0.25) is 5.91 Å². The number of ether oxygens (including phenoxy) is 2. The van der Waals surface area contributed by atoms with Gasteiger partial charge in [0.15, 0.2) is 5.11 Å². The highest BCUT2D eigenvalue weighted by atomic mass is 32.1. The number of carbonyl (C=O) groups is 2. The molecule has 176 valence electrons. The van der Waals surface area contributed by atoms with Crippen LogP contribution in [0.1, 0.15) is 34.3 Å². The van der Waals surface area contributed by atoms with Crippen LogP contribution in [0, 0.1) is 0 Å². The van der Waals surface area contributed by atoms with E-state index >= 15 is 0 Å². The summed E-state index contributed by atoms with van der Waals surface area (Å²) in [5.41, 5.74) is 7.30. The highest BCUT2D eigenvalue weighted by molar-refractivity contribution is 7.80. The van der Waals surface area contributed by atoms with Gasteiger partial charge < -0.3 is 9.47 Å². The fraction of sp³-hybridized carbons (Fsp3) is 0.192. The number of amides is 2. The van der Waals surface area contributed by atoms with Crippen molar-refractivity contribution < 1.29 is 19.1 Å². The normalized spacial score (nSPS) is 10.4. The first kappa shape index (κ1) is 24.9. The van der Waals surface area contributed by atoms with Crippen LogP contribution in [-0.2, 0) is 9.53 Å². The zero-order chi connectivity index (χ0) is 24.2. The summed E-state index contributed by atoms with van der Waals surface area (Å²) in [5.74, 6) is -0.612. The van der Waals surface area contributed by atoms with Crippen LogP contribution in [0.2, 0.25) is 0 Å². The molecule has 0 aliphatic heterocycles. The molecule has 0 radical (unpaired) electrons. The molecule has 3 rings (SSSR count). The third kappa shape index (κ3) is 7.40. The quantitative estimate of drug-likeness (QED) is 0.248. The number of rotatable bonds is 9. The van der Waals surface area contributed by atoms with Crippen molar-refractivity contribution in [3.8, 4) is 5.75 Å². The van der Waals surface area contributed by atoms with Crippen LogP contribution in [0.3, 0.4) is 0 Å². The number of hydrogen-bond acceptors (Lipinski definition) is 5. The lowest BCUT2D eigenvalue weighted by atomic mass is 9.91. The Morgan fingerprint density at radius 1 is 0.824 bits per heavy atom. The van der Waals surface area contributed by atoms with E-state index in [1.54, 1.807) is 24.3 Å². The van der Waals surface area contributed by atoms with E-state index in [1.807, 2.05) is 67.6 Å². The standard InChI is InChI=1S/C26H27N3O4S/c1-2-32-17-18-33-22-15-13-21(14-16-22)24(30)27-26(34)29-28-25(31)23(19-9-5-3-6-10-19)20-11-7-4-8-12-20/h3-16,23H,2,17-18H2,1H3,(H,28,31)(H2,27,29,30,34). The monoisotopic (exact) mass is 477 g/mol. The van der Waals surface area contributed by atoms with Crippen molar-refractivity contribution in [2.24, 2.45) is 0 Å². The minimum atomic E-state index is -0.538. The van der Waals surface area contributed by atoms with Crippen LogP contribution < -0.4 is 20.9 Å². The predicted octanol–water partition coefficient (Wildman–Crippen LogP) is 3.57. The lowest BCUT2D eigenvalue weighted by molar-refractivity contribution is -0.122. The molecule has 0 aliphatic carbocycles. The number of thiocarbonyl (C=S) groups is 1. The van der Waals surface area contributed by atoms with Gasteiger partial charge in [-0.05, 0) is 54.5 Å². The Bertz CT molecular complexity index is 1040. The minimum Gasteiger partial charge on any atom is -0.491 e. The average molecular weight is 478 g/mol. The van der Waals surface area contributed by atoms with Crippen molar-refractivity contribution in [1.29, 1.82) is 0 Å². The summed E-state index contributed by atoms with van der Waals surface area (Å²) in [6.45, 7) is 3.49. The summed E-state index contributed by atoms with van der Waals surface area (Å²) >= 11 is 5.18. The van der Waals surface area contributed by atoms with Gasteiger partial charge in [-0.3, -0.25) is 25.8 Å². The summed E-state index contributed by atoms with van der Waals surface area (Å²) in [7, 11) is 0. The molecule has 3 aromatic rings. The maximum atomic E-state index is 13.0. The molecule has 0 heterocycles. The SMILES string of the molecule is CCOCCOc1ccc(C(=O)NC(=S)NNC(=O)C(c2ccccc2)c2ccccc2)cc1. The Morgan fingerprint density at radius 3 is 1.97 bits per heavy atom. The van der Waals surface area contributed by atoms with Crippen molar-refractivity contribution >= 4 is 29.1 Å². The lowest BCUT2D eigenvalue weighted by Crippen LogP contribution is -2.49. The number of hydrogen-bond donors (Lipinski definition) is 3. The molecule has 3 N–H and O–H groups in total. The third-order valence-electron chi connectivity index (χ3n) is 4.87. The lowest BCUT2D eigenvalue weighted by Gasteiger charge is -2.19. The summed E-state index contributed by atoms with van der Waals surface area (Å²) < 4.78 is 10.8. The molecule has 0 saturated heterocycles. The van der Waals surface area contributed by atoms with Gasteiger partial charge in [0.1, 0.15) is 12.4 Å². The van der Waals surface area contributed by atoms with Gasteiger partial charge in [0, 0.05) is 12.2 Å².